The summed E-state index contributed by atoms with van der Waals surface area (Å²) in [7, 11) is 0. The van der Waals surface area contributed by atoms with E-state index in [9.17, 15) is 0 Å². The van der Waals surface area contributed by atoms with Gasteiger partial charge in [-0.3, -0.25) is 0 Å². The second-order valence-electron chi connectivity index (χ2n) is 3.43. The number of nitrogens with two attached hydrogens (primary N) is 1. The van der Waals surface area contributed by atoms with Gasteiger partial charge in [-0.1, -0.05) is 18.2 Å². The summed E-state index contributed by atoms with van der Waals surface area (Å²) in [6.45, 7) is 0. The molecular weight excluding hydrogens is 188 g/mol. The molecule has 0 unspecified atom stereocenters. The zero-order valence-corrected chi connectivity index (χ0v) is 8.01. The Morgan fingerprint density at radius 3 is 2.80 bits per heavy atom. The molecular formula is C11H10N4. The van der Waals surface area contributed by atoms with Gasteiger partial charge in [0.25, 0.3) is 0 Å². The Hall–Kier alpha value is -2.23. The van der Waals surface area contributed by atoms with Crippen LogP contribution in [0.5, 0.6) is 0 Å². The second kappa shape index (κ2) is 2.88. The van der Waals surface area contributed by atoms with E-state index in [4.69, 9.17) is 5.73 Å². The van der Waals surface area contributed by atoms with E-state index < -0.39 is 0 Å². The predicted molar refractivity (Wildman–Crippen MR) is 59.8 cm³/mol. The maximum absolute atomic E-state index is 5.56. The third-order valence-electron chi connectivity index (χ3n) is 2.37. The highest BCUT2D eigenvalue weighted by Gasteiger charge is 2.02. The number of para-hydroxylation sites is 1. The topological polar surface area (TPSA) is 59.6 Å². The lowest BCUT2D eigenvalue weighted by Crippen LogP contribution is -1.95. The molecule has 0 atom stereocenters. The lowest BCUT2D eigenvalue weighted by molar-refractivity contribution is 0.863. The number of rotatable bonds is 1. The van der Waals surface area contributed by atoms with Crippen LogP contribution in [-0.4, -0.2) is 14.8 Å². The Morgan fingerprint density at radius 2 is 2.07 bits per heavy atom. The van der Waals surface area contributed by atoms with E-state index in [2.05, 4.69) is 16.1 Å². The van der Waals surface area contributed by atoms with Gasteiger partial charge in [0.05, 0.1) is 0 Å². The zero-order valence-electron chi connectivity index (χ0n) is 8.01. The molecule has 3 N–H and O–H groups in total. The first-order chi connectivity index (χ1) is 7.33. The van der Waals surface area contributed by atoms with Gasteiger partial charge in [0.15, 0.2) is 0 Å². The molecule has 0 radical (unpaired) electrons. The SMILES string of the molecule is Nc1ccn(-c2cc3ccccc3[nH]2)n1. The Morgan fingerprint density at radius 1 is 1.20 bits per heavy atom. The number of benzene rings is 1. The van der Waals surface area contributed by atoms with E-state index in [1.807, 2.05) is 30.5 Å². The molecule has 0 fully saturated rings. The Labute approximate surface area is 86.3 Å². The fourth-order valence-electron chi connectivity index (χ4n) is 1.65. The van der Waals surface area contributed by atoms with Crippen LogP contribution < -0.4 is 5.73 Å². The van der Waals surface area contributed by atoms with Crippen molar-refractivity contribution in [2.24, 2.45) is 0 Å². The molecule has 0 bridgehead atoms. The van der Waals surface area contributed by atoms with Crippen LogP contribution in [0, 0.1) is 0 Å². The van der Waals surface area contributed by atoms with Crippen LogP contribution in [0.3, 0.4) is 0 Å². The van der Waals surface area contributed by atoms with Crippen molar-refractivity contribution < 1.29 is 0 Å². The van der Waals surface area contributed by atoms with Crippen LogP contribution >= 0.6 is 0 Å². The van der Waals surface area contributed by atoms with Gasteiger partial charge < -0.3 is 10.7 Å². The molecule has 74 valence electrons. The van der Waals surface area contributed by atoms with Crippen molar-refractivity contribution in [3.05, 3.63) is 42.6 Å². The van der Waals surface area contributed by atoms with Crippen LogP contribution in [0.15, 0.2) is 42.6 Å². The highest BCUT2D eigenvalue weighted by Crippen LogP contribution is 2.17. The third-order valence-corrected chi connectivity index (χ3v) is 2.37. The number of H-pyrrole nitrogens is 1. The number of anilines is 1. The summed E-state index contributed by atoms with van der Waals surface area (Å²) >= 11 is 0. The molecule has 0 saturated carbocycles. The second-order valence-corrected chi connectivity index (χ2v) is 3.43. The molecule has 4 heteroatoms. The highest BCUT2D eigenvalue weighted by atomic mass is 15.3. The normalized spacial score (nSPS) is 10.9. The summed E-state index contributed by atoms with van der Waals surface area (Å²) in [4.78, 5) is 3.27. The van der Waals surface area contributed by atoms with Crippen LogP contribution in [-0.2, 0) is 0 Å². The molecule has 3 aromatic rings. The molecule has 3 rings (SSSR count). The zero-order chi connectivity index (χ0) is 10.3. The van der Waals surface area contributed by atoms with Crippen LogP contribution in [0.2, 0.25) is 0 Å². The van der Waals surface area contributed by atoms with Crippen molar-refractivity contribution >= 4 is 16.7 Å². The number of hydrogen-bond acceptors (Lipinski definition) is 2. The molecule has 2 aromatic heterocycles. The number of hydrogen-bond donors (Lipinski definition) is 2. The van der Waals surface area contributed by atoms with Crippen molar-refractivity contribution in [3.63, 3.8) is 0 Å². The van der Waals surface area contributed by atoms with Gasteiger partial charge in [-0.25, -0.2) is 4.68 Å². The fraction of sp³-hybridized carbons (Fsp3) is 0. The standard InChI is InChI=1S/C11H10N4/c12-10-5-6-15(14-10)11-7-8-3-1-2-4-9(8)13-11/h1-7,13H,(H2,12,14). The molecule has 1 aromatic carbocycles. The monoisotopic (exact) mass is 198 g/mol. The first kappa shape index (κ1) is 8.11. The van der Waals surface area contributed by atoms with Gasteiger partial charge in [-0.2, -0.15) is 0 Å². The summed E-state index contributed by atoms with van der Waals surface area (Å²) in [5.74, 6) is 1.45. The molecule has 0 aliphatic heterocycles. The van der Waals surface area contributed by atoms with Gasteiger partial charge in [0.2, 0.25) is 0 Å². The van der Waals surface area contributed by atoms with Crippen molar-refractivity contribution in [2.75, 3.05) is 5.73 Å². The quantitative estimate of drug-likeness (QED) is 0.627. The molecule has 15 heavy (non-hydrogen) atoms. The van der Waals surface area contributed by atoms with E-state index >= 15 is 0 Å². The number of nitrogens with one attached hydrogen (secondary N) is 1. The first-order valence-electron chi connectivity index (χ1n) is 4.72. The third kappa shape index (κ3) is 1.27. The first-order valence-corrected chi connectivity index (χ1v) is 4.72. The van der Waals surface area contributed by atoms with E-state index in [1.165, 1.54) is 5.39 Å². The summed E-state index contributed by atoms with van der Waals surface area (Å²) < 4.78 is 1.73. The van der Waals surface area contributed by atoms with Crippen molar-refractivity contribution in [1.29, 1.82) is 0 Å². The Bertz CT molecular complexity index is 573. The van der Waals surface area contributed by atoms with E-state index in [0.717, 1.165) is 11.3 Å². The van der Waals surface area contributed by atoms with Crippen LogP contribution in [0.1, 0.15) is 0 Å². The number of nitrogens with zero attached hydrogens (tertiary/aromatic N) is 2. The average Bonchev–Trinajstić information content (AvgIpc) is 2.82. The van der Waals surface area contributed by atoms with E-state index in [0.29, 0.717) is 5.82 Å². The Balaban J connectivity index is 2.19. The number of nitrogen functional groups attached to an aromatic ring is 1. The van der Waals surface area contributed by atoms with Crippen LogP contribution in [0.4, 0.5) is 5.82 Å². The molecule has 2 heterocycles. The lowest BCUT2D eigenvalue weighted by atomic mass is 10.2. The molecule has 0 saturated heterocycles. The summed E-state index contributed by atoms with van der Waals surface area (Å²) in [5.41, 5.74) is 6.66. The number of aromatic amines is 1. The number of aromatic nitrogens is 3. The van der Waals surface area contributed by atoms with Crippen LogP contribution in [0.25, 0.3) is 16.7 Å². The highest BCUT2D eigenvalue weighted by molar-refractivity contribution is 5.81. The maximum Gasteiger partial charge on any atom is 0.145 e. The molecule has 4 nitrogen and oxygen atoms in total. The fourth-order valence-corrected chi connectivity index (χ4v) is 1.65. The van der Waals surface area contributed by atoms with Crippen molar-refractivity contribution in [2.45, 2.75) is 0 Å². The molecule has 0 amide bonds. The minimum Gasteiger partial charge on any atom is -0.382 e. The minimum absolute atomic E-state index is 0.522. The summed E-state index contributed by atoms with van der Waals surface area (Å²) in [5, 5.41) is 5.31. The molecule has 0 aliphatic carbocycles. The molecule has 0 aliphatic rings. The summed E-state index contributed by atoms with van der Waals surface area (Å²) in [6, 6.07) is 11.9. The largest absolute Gasteiger partial charge is 0.382 e. The van der Waals surface area contributed by atoms with Gasteiger partial charge >= 0.3 is 0 Å². The maximum atomic E-state index is 5.56. The minimum atomic E-state index is 0.522. The summed E-state index contributed by atoms with van der Waals surface area (Å²) in [6.07, 6.45) is 1.83. The van der Waals surface area contributed by atoms with Gasteiger partial charge in [-0.15, -0.1) is 5.10 Å². The molecule has 0 spiro atoms. The smallest absolute Gasteiger partial charge is 0.145 e. The predicted octanol–water partition coefficient (Wildman–Crippen LogP) is 1.94. The van der Waals surface area contributed by atoms with Crippen molar-refractivity contribution in [1.82, 2.24) is 14.8 Å². The Kier molecular flexibility index (Phi) is 1.56. The average molecular weight is 198 g/mol. The van der Waals surface area contributed by atoms with Gasteiger partial charge in [0.1, 0.15) is 11.6 Å². The van der Waals surface area contributed by atoms with Crippen molar-refractivity contribution in [3.8, 4) is 5.82 Å². The van der Waals surface area contributed by atoms with E-state index in [-0.39, 0.29) is 0 Å². The van der Waals surface area contributed by atoms with E-state index in [1.54, 1.807) is 10.7 Å². The number of fused-ring (bicyclic) bond motifs is 1. The van der Waals surface area contributed by atoms with Gasteiger partial charge in [0, 0.05) is 23.2 Å². The van der Waals surface area contributed by atoms with Gasteiger partial charge in [-0.05, 0) is 12.1 Å². The lowest BCUT2D eigenvalue weighted by Gasteiger charge is -1.94.